The van der Waals surface area contributed by atoms with E-state index in [0.29, 0.717) is 0 Å². The average molecular weight is 161 g/mol. The molecular formula is C5H5O6. The molecule has 0 spiro atoms. The van der Waals surface area contributed by atoms with Crippen molar-refractivity contribution in [2.45, 2.75) is 0 Å². The lowest BCUT2D eigenvalue weighted by Gasteiger charge is -2.12. The van der Waals surface area contributed by atoms with E-state index in [2.05, 4.69) is 6.92 Å². The zero-order chi connectivity index (χ0) is 9.23. The van der Waals surface area contributed by atoms with Gasteiger partial charge in [0.1, 0.15) is 0 Å². The van der Waals surface area contributed by atoms with Crippen LogP contribution in [0.5, 0.6) is 0 Å². The number of carboxylic acid groups (broad SMARTS) is 3. The molecule has 6 heteroatoms. The van der Waals surface area contributed by atoms with Gasteiger partial charge in [0, 0.05) is 0 Å². The molecule has 0 rings (SSSR count). The highest BCUT2D eigenvalue weighted by Crippen LogP contribution is 2.15. The Bertz CT molecular complexity index is 181. The van der Waals surface area contributed by atoms with E-state index >= 15 is 0 Å². The molecular weight excluding hydrogens is 156 g/mol. The molecule has 0 amide bonds. The molecule has 0 heterocycles. The summed E-state index contributed by atoms with van der Waals surface area (Å²) in [6.45, 7) is 2.57. The van der Waals surface area contributed by atoms with Crippen LogP contribution in [-0.2, 0) is 14.4 Å². The van der Waals surface area contributed by atoms with E-state index in [0.717, 1.165) is 0 Å². The lowest BCUT2D eigenvalue weighted by molar-refractivity contribution is -0.171. The van der Waals surface area contributed by atoms with Gasteiger partial charge in [-0.2, -0.15) is 0 Å². The van der Waals surface area contributed by atoms with E-state index in [1.807, 2.05) is 0 Å². The summed E-state index contributed by atoms with van der Waals surface area (Å²) < 4.78 is 0. The summed E-state index contributed by atoms with van der Waals surface area (Å²) in [5, 5.41) is 24.4. The Hall–Kier alpha value is -1.59. The van der Waals surface area contributed by atoms with Gasteiger partial charge in [0.15, 0.2) is 0 Å². The molecule has 0 unspecified atom stereocenters. The maximum atomic E-state index is 10.1. The van der Waals surface area contributed by atoms with Gasteiger partial charge in [-0.15, -0.1) is 0 Å². The summed E-state index contributed by atoms with van der Waals surface area (Å²) in [4.78, 5) is 30.2. The largest absolute Gasteiger partial charge is 0.480 e. The predicted molar refractivity (Wildman–Crippen MR) is 30.7 cm³/mol. The Labute approximate surface area is 61.1 Å². The first-order valence-electron chi connectivity index (χ1n) is 2.39. The zero-order valence-corrected chi connectivity index (χ0v) is 5.27. The van der Waals surface area contributed by atoms with Crippen LogP contribution in [0.2, 0.25) is 0 Å². The minimum absolute atomic E-state index is 2.00. The number of hydrogen-bond acceptors (Lipinski definition) is 3. The Kier molecular flexibility index (Phi) is 2.20. The van der Waals surface area contributed by atoms with Crippen LogP contribution in [0.4, 0.5) is 0 Å². The van der Waals surface area contributed by atoms with Crippen LogP contribution in [0.25, 0.3) is 0 Å². The normalized spacial score (nSPS) is 10.6. The summed E-state index contributed by atoms with van der Waals surface area (Å²) in [5.41, 5.74) is -3.00. The number of carbonyl (C=O) groups is 3. The van der Waals surface area contributed by atoms with Gasteiger partial charge in [-0.1, -0.05) is 0 Å². The maximum absolute atomic E-state index is 10.1. The van der Waals surface area contributed by atoms with Crippen LogP contribution in [0.15, 0.2) is 0 Å². The average Bonchev–Trinajstić information content (AvgIpc) is 1.84. The molecule has 0 aromatic heterocycles. The lowest BCUT2D eigenvalue weighted by Crippen LogP contribution is -2.43. The summed E-state index contributed by atoms with van der Waals surface area (Å²) in [5.74, 6) is -6.01. The quantitative estimate of drug-likeness (QED) is 0.460. The standard InChI is InChI=1S/C5H5O6/c1-5(2(6)7,3(8)9)4(10)11/h1H2,(H,6,7)(H,8,9)(H,10,11). The molecule has 0 aromatic rings. The Balaban J connectivity index is 4.99. The Morgan fingerprint density at radius 2 is 1.09 bits per heavy atom. The Morgan fingerprint density at radius 1 is 0.909 bits per heavy atom. The van der Waals surface area contributed by atoms with E-state index in [-0.39, 0.29) is 0 Å². The van der Waals surface area contributed by atoms with E-state index < -0.39 is 23.3 Å². The first kappa shape index (κ1) is 9.41. The molecule has 0 saturated carbocycles. The molecule has 61 valence electrons. The van der Waals surface area contributed by atoms with E-state index in [4.69, 9.17) is 15.3 Å². The third-order valence-electron chi connectivity index (χ3n) is 1.10. The van der Waals surface area contributed by atoms with Crippen LogP contribution >= 0.6 is 0 Å². The second kappa shape index (κ2) is 2.57. The number of hydrogen-bond donors (Lipinski definition) is 3. The molecule has 0 aliphatic carbocycles. The van der Waals surface area contributed by atoms with Gasteiger partial charge in [-0.05, 0) is 6.92 Å². The second-order valence-electron chi connectivity index (χ2n) is 1.82. The fourth-order valence-corrected chi connectivity index (χ4v) is 0.274. The van der Waals surface area contributed by atoms with Gasteiger partial charge in [-0.3, -0.25) is 14.4 Å². The summed E-state index contributed by atoms with van der Waals surface area (Å²) in [7, 11) is 0. The van der Waals surface area contributed by atoms with Crippen molar-refractivity contribution in [3.63, 3.8) is 0 Å². The van der Waals surface area contributed by atoms with Crippen molar-refractivity contribution in [3.05, 3.63) is 6.92 Å². The molecule has 1 radical (unpaired) electrons. The van der Waals surface area contributed by atoms with Crippen LogP contribution in [0.1, 0.15) is 0 Å². The van der Waals surface area contributed by atoms with Crippen molar-refractivity contribution >= 4 is 17.9 Å². The van der Waals surface area contributed by atoms with Crippen molar-refractivity contribution in [1.29, 1.82) is 0 Å². The van der Waals surface area contributed by atoms with Gasteiger partial charge in [0.2, 0.25) is 0 Å². The molecule has 0 bridgehead atoms. The van der Waals surface area contributed by atoms with Gasteiger partial charge >= 0.3 is 17.9 Å². The van der Waals surface area contributed by atoms with E-state index in [1.54, 1.807) is 0 Å². The van der Waals surface area contributed by atoms with E-state index in [9.17, 15) is 14.4 Å². The molecule has 0 saturated heterocycles. The number of aliphatic carboxylic acids is 3. The van der Waals surface area contributed by atoms with Crippen molar-refractivity contribution in [2.24, 2.45) is 5.41 Å². The summed E-state index contributed by atoms with van der Waals surface area (Å²) in [6, 6.07) is 0. The van der Waals surface area contributed by atoms with E-state index in [1.165, 1.54) is 0 Å². The first-order chi connectivity index (χ1) is 4.83. The van der Waals surface area contributed by atoms with Crippen molar-refractivity contribution in [3.8, 4) is 0 Å². The van der Waals surface area contributed by atoms with Gasteiger partial charge < -0.3 is 15.3 Å². The van der Waals surface area contributed by atoms with Crippen LogP contribution < -0.4 is 0 Å². The van der Waals surface area contributed by atoms with Gasteiger partial charge in [-0.25, -0.2) is 0 Å². The number of rotatable bonds is 3. The van der Waals surface area contributed by atoms with Crippen molar-refractivity contribution in [2.75, 3.05) is 0 Å². The minimum atomic E-state index is -3.00. The highest BCUT2D eigenvalue weighted by molar-refractivity contribution is 6.17. The molecule has 0 fully saturated rings. The molecule has 3 N–H and O–H groups in total. The molecule has 0 aliphatic rings. The third-order valence-corrected chi connectivity index (χ3v) is 1.10. The molecule has 0 aliphatic heterocycles. The zero-order valence-electron chi connectivity index (χ0n) is 5.27. The minimum Gasteiger partial charge on any atom is -0.480 e. The summed E-state index contributed by atoms with van der Waals surface area (Å²) >= 11 is 0. The highest BCUT2D eigenvalue weighted by Gasteiger charge is 2.49. The smallest absolute Gasteiger partial charge is 0.332 e. The van der Waals surface area contributed by atoms with Crippen molar-refractivity contribution < 1.29 is 29.7 Å². The molecule has 0 aromatic carbocycles. The fourth-order valence-electron chi connectivity index (χ4n) is 0.274. The van der Waals surface area contributed by atoms with Crippen LogP contribution in [0, 0.1) is 12.3 Å². The molecule has 11 heavy (non-hydrogen) atoms. The van der Waals surface area contributed by atoms with Crippen molar-refractivity contribution in [1.82, 2.24) is 0 Å². The van der Waals surface area contributed by atoms with Gasteiger partial charge in [0.05, 0.1) is 0 Å². The second-order valence-corrected chi connectivity index (χ2v) is 1.82. The first-order valence-corrected chi connectivity index (χ1v) is 2.39. The SMILES string of the molecule is [CH2]C(C(=O)O)(C(=O)O)C(=O)O. The maximum Gasteiger partial charge on any atom is 0.332 e. The van der Waals surface area contributed by atoms with Crippen LogP contribution in [-0.4, -0.2) is 33.2 Å². The van der Waals surface area contributed by atoms with Gasteiger partial charge in [0.25, 0.3) is 5.41 Å². The summed E-state index contributed by atoms with van der Waals surface area (Å²) in [6.07, 6.45) is 0. The third kappa shape index (κ3) is 1.28. The predicted octanol–water partition coefficient (Wildman–Crippen LogP) is -0.939. The molecule has 6 nitrogen and oxygen atoms in total. The topological polar surface area (TPSA) is 112 Å². The highest BCUT2D eigenvalue weighted by atomic mass is 16.4. The number of carboxylic acids is 3. The molecule has 0 atom stereocenters. The van der Waals surface area contributed by atoms with Crippen LogP contribution in [0.3, 0.4) is 0 Å². The lowest BCUT2D eigenvalue weighted by atomic mass is 9.91. The Morgan fingerprint density at radius 3 is 1.09 bits per heavy atom. The fraction of sp³-hybridized carbons (Fsp3) is 0.200. The monoisotopic (exact) mass is 161 g/mol.